The Morgan fingerprint density at radius 2 is 1.78 bits per heavy atom. The average Bonchev–Trinajstić information content (AvgIpc) is 2.65. The van der Waals surface area contributed by atoms with Gasteiger partial charge in [-0.3, -0.25) is 0 Å². The summed E-state index contributed by atoms with van der Waals surface area (Å²) in [5.41, 5.74) is -1.11. The first kappa shape index (κ1) is 24.4. The van der Waals surface area contributed by atoms with Gasteiger partial charge in [-0.2, -0.15) is 13.2 Å². The van der Waals surface area contributed by atoms with E-state index < -0.39 is 29.6 Å². The Morgan fingerprint density at radius 1 is 1.12 bits per heavy atom. The van der Waals surface area contributed by atoms with Crippen LogP contribution in [-0.2, 0) is 15.7 Å². The molecule has 1 aliphatic rings. The number of rotatable bonds is 5. The summed E-state index contributed by atoms with van der Waals surface area (Å²) in [5.74, 6) is -2.08. The van der Waals surface area contributed by atoms with Gasteiger partial charge < -0.3 is 9.47 Å². The van der Waals surface area contributed by atoms with Crippen LogP contribution in [0.4, 0.5) is 17.6 Å². The van der Waals surface area contributed by atoms with Gasteiger partial charge in [0.25, 0.3) is 0 Å². The van der Waals surface area contributed by atoms with E-state index in [2.05, 4.69) is 20.8 Å². The number of ether oxygens (including phenoxy) is 2. The molecular formula is C24H25ClF4O3. The largest absolute Gasteiger partial charge is 0.474 e. The molecule has 0 spiro atoms. The van der Waals surface area contributed by atoms with Crippen LogP contribution in [0.5, 0.6) is 5.75 Å². The molecule has 0 aliphatic heterocycles. The van der Waals surface area contributed by atoms with Crippen LogP contribution in [0.2, 0.25) is 5.02 Å². The Balaban J connectivity index is 1.88. The van der Waals surface area contributed by atoms with Crippen LogP contribution in [0, 0.1) is 17.2 Å². The van der Waals surface area contributed by atoms with Crippen LogP contribution in [0.15, 0.2) is 42.5 Å². The van der Waals surface area contributed by atoms with Crippen LogP contribution in [0.3, 0.4) is 0 Å². The Labute approximate surface area is 189 Å². The van der Waals surface area contributed by atoms with Gasteiger partial charge in [0.15, 0.2) is 0 Å². The minimum Gasteiger partial charge on any atom is -0.474 e. The van der Waals surface area contributed by atoms with Crippen molar-refractivity contribution in [2.75, 3.05) is 0 Å². The summed E-state index contributed by atoms with van der Waals surface area (Å²) in [6, 6.07) is 8.40. The van der Waals surface area contributed by atoms with Gasteiger partial charge in [-0.15, -0.1) is 0 Å². The van der Waals surface area contributed by atoms with Crippen LogP contribution in [0.25, 0.3) is 0 Å². The normalized spacial score (nSPS) is 21.6. The third kappa shape index (κ3) is 6.15. The van der Waals surface area contributed by atoms with Crippen LogP contribution < -0.4 is 4.74 Å². The lowest BCUT2D eigenvalue weighted by Crippen LogP contribution is -2.35. The number of hydrogen-bond acceptors (Lipinski definition) is 3. The highest BCUT2D eigenvalue weighted by atomic mass is 35.5. The van der Waals surface area contributed by atoms with E-state index in [1.165, 1.54) is 24.3 Å². The van der Waals surface area contributed by atoms with Crippen LogP contribution in [-0.4, -0.2) is 12.1 Å². The molecule has 0 bridgehead atoms. The topological polar surface area (TPSA) is 35.5 Å². The Hall–Kier alpha value is -2.28. The molecule has 0 N–H and O–H groups in total. The van der Waals surface area contributed by atoms with Crippen LogP contribution in [0.1, 0.15) is 57.3 Å². The fraction of sp³-hybridized carbons (Fsp3) is 0.458. The van der Waals surface area contributed by atoms with Crippen molar-refractivity contribution in [3.63, 3.8) is 0 Å². The molecule has 0 heterocycles. The molecule has 32 heavy (non-hydrogen) atoms. The lowest BCUT2D eigenvalue weighted by atomic mass is 9.71. The minimum absolute atomic E-state index is 0.00218. The summed E-state index contributed by atoms with van der Waals surface area (Å²) >= 11 is 5.92. The van der Waals surface area contributed by atoms with Crippen molar-refractivity contribution in [1.29, 1.82) is 0 Å². The van der Waals surface area contributed by atoms with Crippen molar-refractivity contribution in [3.05, 3.63) is 64.4 Å². The zero-order valence-electron chi connectivity index (χ0n) is 18.0. The molecule has 0 saturated heterocycles. The third-order valence-corrected chi connectivity index (χ3v) is 5.77. The smallest absolute Gasteiger partial charge is 0.419 e. The maximum atomic E-state index is 13.7. The first-order valence-electron chi connectivity index (χ1n) is 10.3. The monoisotopic (exact) mass is 472 g/mol. The quantitative estimate of drug-likeness (QED) is 0.336. The maximum Gasteiger partial charge on any atom is 0.419 e. The maximum absolute atomic E-state index is 13.7. The van der Waals surface area contributed by atoms with Gasteiger partial charge in [0, 0.05) is 10.6 Å². The summed E-state index contributed by atoms with van der Waals surface area (Å²) in [7, 11) is 0. The molecule has 0 radical (unpaired) electrons. The van der Waals surface area contributed by atoms with E-state index >= 15 is 0 Å². The Kier molecular flexibility index (Phi) is 7.08. The number of alkyl halides is 3. The van der Waals surface area contributed by atoms with E-state index in [0.29, 0.717) is 41.5 Å². The van der Waals surface area contributed by atoms with Crippen molar-refractivity contribution in [3.8, 4) is 5.75 Å². The fourth-order valence-electron chi connectivity index (χ4n) is 4.40. The van der Waals surface area contributed by atoms with Gasteiger partial charge in [0.2, 0.25) is 6.10 Å². The van der Waals surface area contributed by atoms with Crippen molar-refractivity contribution in [1.82, 2.24) is 0 Å². The first-order valence-corrected chi connectivity index (χ1v) is 10.7. The average molecular weight is 473 g/mol. The molecule has 1 saturated carbocycles. The molecule has 8 heteroatoms. The molecule has 1 fully saturated rings. The van der Waals surface area contributed by atoms with E-state index in [4.69, 9.17) is 21.1 Å². The summed E-state index contributed by atoms with van der Waals surface area (Å²) in [6.07, 6.45) is -4.20. The highest BCUT2D eigenvalue weighted by Gasteiger charge is 2.37. The number of halogens is 5. The highest BCUT2D eigenvalue weighted by molar-refractivity contribution is 6.30. The standard InChI is InChI=1S/C24H25ClF4O3/c1-14-10-18(13-23(2,3)12-14)32-22(30)21(15-4-6-16(25)7-5-15)31-17-8-9-20(26)19(11-17)24(27,28)29/h4-9,11,14,18,21H,10,12-13H2,1-3H3. The summed E-state index contributed by atoms with van der Waals surface area (Å²) in [5, 5.41) is 0.421. The molecule has 2 aromatic carbocycles. The second-order valence-corrected chi connectivity index (χ2v) is 9.60. The molecule has 3 unspecified atom stereocenters. The van der Waals surface area contributed by atoms with E-state index in [9.17, 15) is 22.4 Å². The second-order valence-electron chi connectivity index (χ2n) is 9.16. The second kappa shape index (κ2) is 9.30. The lowest BCUT2D eigenvalue weighted by Gasteiger charge is -2.38. The fourth-order valence-corrected chi connectivity index (χ4v) is 4.52. The van der Waals surface area contributed by atoms with Gasteiger partial charge in [-0.1, -0.05) is 44.5 Å². The molecule has 174 valence electrons. The van der Waals surface area contributed by atoms with E-state index in [0.717, 1.165) is 12.5 Å². The zero-order chi connectivity index (χ0) is 23.7. The first-order chi connectivity index (χ1) is 14.8. The van der Waals surface area contributed by atoms with Crippen molar-refractivity contribution in [2.45, 2.75) is 58.4 Å². The summed E-state index contributed by atoms with van der Waals surface area (Å²) in [4.78, 5) is 13.1. The van der Waals surface area contributed by atoms with Crippen molar-refractivity contribution in [2.24, 2.45) is 11.3 Å². The lowest BCUT2D eigenvalue weighted by molar-refractivity contribution is -0.162. The molecule has 3 atom stereocenters. The summed E-state index contributed by atoms with van der Waals surface area (Å²) < 4.78 is 64.4. The van der Waals surface area contributed by atoms with Crippen molar-refractivity contribution >= 4 is 17.6 Å². The number of benzene rings is 2. The Morgan fingerprint density at radius 3 is 2.38 bits per heavy atom. The predicted octanol–water partition coefficient (Wildman–Crippen LogP) is 7.38. The third-order valence-electron chi connectivity index (χ3n) is 5.51. The molecule has 1 aliphatic carbocycles. The van der Waals surface area contributed by atoms with Crippen molar-refractivity contribution < 1.29 is 31.8 Å². The number of esters is 1. The SMILES string of the molecule is CC1CC(OC(=O)C(Oc2ccc(F)c(C(F)(F)F)c2)c2ccc(Cl)cc2)CC(C)(C)C1. The summed E-state index contributed by atoms with van der Waals surface area (Å²) in [6.45, 7) is 6.30. The van der Waals surface area contributed by atoms with Gasteiger partial charge in [0.05, 0.1) is 5.56 Å². The predicted molar refractivity (Wildman–Crippen MR) is 113 cm³/mol. The molecular weight excluding hydrogens is 448 g/mol. The number of carbonyl (C=O) groups excluding carboxylic acids is 1. The highest BCUT2D eigenvalue weighted by Crippen LogP contribution is 2.40. The van der Waals surface area contributed by atoms with Gasteiger partial charge >= 0.3 is 12.1 Å². The van der Waals surface area contributed by atoms with E-state index in [1.54, 1.807) is 0 Å². The van der Waals surface area contributed by atoms with E-state index in [1.807, 2.05) is 0 Å². The van der Waals surface area contributed by atoms with E-state index in [-0.39, 0.29) is 17.3 Å². The molecule has 2 aromatic rings. The number of hydrogen-bond donors (Lipinski definition) is 0. The van der Waals surface area contributed by atoms with Gasteiger partial charge in [-0.25, -0.2) is 9.18 Å². The molecule has 3 rings (SSSR count). The van der Waals surface area contributed by atoms with Gasteiger partial charge in [0.1, 0.15) is 17.7 Å². The van der Waals surface area contributed by atoms with Gasteiger partial charge in [-0.05, 0) is 60.9 Å². The molecule has 0 aromatic heterocycles. The number of carbonyl (C=O) groups is 1. The minimum atomic E-state index is -4.90. The van der Waals surface area contributed by atoms with Crippen LogP contribution >= 0.6 is 11.6 Å². The molecule has 0 amide bonds. The molecule has 3 nitrogen and oxygen atoms in total. The Bertz CT molecular complexity index is 957. The zero-order valence-corrected chi connectivity index (χ0v) is 18.8.